The molecule has 2 amide bonds. The third-order valence-corrected chi connectivity index (χ3v) is 3.04. The molecule has 0 aliphatic heterocycles. The number of halogens is 2. The van der Waals surface area contributed by atoms with Crippen LogP contribution in [-0.4, -0.2) is 29.8 Å². The van der Waals surface area contributed by atoms with Gasteiger partial charge in [0.1, 0.15) is 5.82 Å². The van der Waals surface area contributed by atoms with Gasteiger partial charge in [-0.1, -0.05) is 18.5 Å². The minimum Gasteiger partial charge on any atom is -0.342 e. The molecule has 1 aromatic rings. The summed E-state index contributed by atoms with van der Waals surface area (Å²) in [6.45, 7) is 4.44. The van der Waals surface area contributed by atoms with Gasteiger partial charge in [-0.3, -0.25) is 9.59 Å². The molecule has 1 rings (SSSR count). The average molecular weight is 301 g/mol. The van der Waals surface area contributed by atoms with Crippen LogP contribution in [0.4, 0.5) is 10.1 Å². The summed E-state index contributed by atoms with van der Waals surface area (Å²) in [5, 5.41) is 2.58. The van der Waals surface area contributed by atoms with Crippen LogP contribution in [0.25, 0.3) is 0 Å². The normalized spacial score (nSPS) is 10.2. The van der Waals surface area contributed by atoms with Crippen LogP contribution < -0.4 is 5.32 Å². The van der Waals surface area contributed by atoms with Gasteiger partial charge < -0.3 is 10.2 Å². The molecule has 4 nitrogen and oxygen atoms in total. The van der Waals surface area contributed by atoms with Crippen molar-refractivity contribution in [2.45, 2.75) is 26.7 Å². The topological polar surface area (TPSA) is 49.4 Å². The lowest BCUT2D eigenvalue weighted by atomic mass is 10.3. The molecule has 0 aromatic heterocycles. The SMILES string of the molecule is CCCN(CCC(=O)Nc1ccc(F)c(Cl)c1)C(C)=O. The van der Waals surface area contributed by atoms with Crippen molar-refractivity contribution in [3.8, 4) is 0 Å². The van der Waals surface area contributed by atoms with E-state index in [-0.39, 0.29) is 23.3 Å². The van der Waals surface area contributed by atoms with Crippen LogP contribution in [0.3, 0.4) is 0 Å². The van der Waals surface area contributed by atoms with Gasteiger partial charge in [0.25, 0.3) is 0 Å². The van der Waals surface area contributed by atoms with Crippen LogP contribution in [0.5, 0.6) is 0 Å². The van der Waals surface area contributed by atoms with Gasteiger partial charge in [0.05, 0.1) is 5.02 Å². The molecule has 0 atom stereocenters. The second kappa shape index (κ2) is 7.85. The molecule has 0 radical (unpaired) electrons. The summed E-state index contributed by atoms with van der Waals surface area (Å²) in [4.78, 5) is 24.7. The summed E-state index contributed by atoms with van der Waals surface area (Å²) in [7, 11) is 0. The fourth-order valence-corrected chi connectivity index (χ4v) is 1.91. The monoisotopic (exact) mass is 300 g/mol. The van der Waals surface area contributed by atoms with Gasteiger partial charge in [-0.15, -0.1) is 0 Å². The maximum atomic E-state index is 13.0. The Hall–Kier alpha value is -1.62. The molecule has 20 heavy (non-hydrogen) atoms. The third kappa shape index (κ3) is 5.17. The van der Waals surface area contributed by atoms with E-state index < -0.39 is 5.82 Å². The highest BCUT2D eigenvalue weighted by molar-refractivity contribution is 6.31. The highest BCUT2D eigenvalue weighted by atomic mass is 35.5. The molecule has 0 saturated heterocycles. The highest BCUT2D eigenvalue weighted by Gasteiger charge is 2.11. The van der Waals surface area contributed by atoms with Crippen molar-refractivity contribution in [2.75, 3.05) is 18.4 Å². The van der Waals surface area contributed by atoms with Gasteiger partial charge in [-0.05, 0) is 24.6 Å². The van der Waals surface area contributed by atoms with Gasteiger partial charge in [-0.25, -0.2) is 4.39 Å². The number of carbonyl (C=O) groups is 2. The number of nitrogens with zero attached hydrogens (tertiary/aromatic N) is 1. The van der Waals surface area contributed by atoms with Crippen LogP contribution in [0.1, 0.15) is 26.7 Å². The molecule has 0 bridgehead atoms. The second-order valence-electron chi connectivity index (χ2n) is 4.43. The van der Waals surface area contributed by atoms with Crippen LogP contribution in [0, 0.1) is 5.82 Å². The van der Waals surface area contributed by atoms with Crippen molar-refractivity contribution in [3.63, 3.8) is 0 Å². The summed E-state index contributed by atoms with van der Waals surface area (Å²) in [5.74, 6) is -0.824. The molecule has 0 heterocycles. The van der Waals surface area contributed by atoms with Gasteiger partial charge in [-0.2, -0.15) is 0 Å². The molecular formula is C14H18ClFN2O2. The largest absolute Gasteiger partial charge is 0.342 e. The average Bonchev–Trinajstić information content (AvgIpc) is 2.38. The molecule has 0 aliphatic rings. The Morgan fingerprint density at radius 3 is 2.60 bits per heavy atom. The van der Waals surface area contributed by atoms with E-state index in [1.807, 2.05) is 6.92 Å². The number of anilines is 1. The first-order valence-corrected chi connectivity index (χ1v) is 6.82. The number of hydrogen-bond donors (Lipinski definition) is 1. The molecule has 1 N–H and O–H groups in total. The summed E-state index contributed by atoms with van der Waals surface area (Å²) in [6.07, 6.45) is 1.03. The first kappa shape index (κ1) is 16.4. The summed E-state index contributed by atoms with van der Waals surface area (Å²) in [6, 6.07) is 3.98. The predicted octanol–water partition coefficient (Wildman–Crippen LogP) is 3.07. The van der Waals surface area contributed by atoms with Crippen molar-refractivity contribution in [2.24, 2.45) is 0 Å². The molecule has 110 valence electrons. The smallest absolute Gasteiger partial charge is 0.226 e. The summed E-state index contributed by atoms with van der Waals surface area (Å²) >= 11 is 5.63. The van der Waals surface area contributed by atoms with Crippen LogP contribution in [0.15, 0.2) is 18.2 Å². The summed E-state index contributed by atoms with van der Waals surface area (Å²) < 4.78 is 13.0. The van der Waals surface area contributed by atoms with Gasteiger partial charge in [0.2, 0.25) is 11.8 Å². The Morgan fingerprint density at radius 2 is 2.05 bits per heavy atom. The Labute approximate surface area is 122 Å². The first-order valence-electron chi connectivity index (χ1n) is 6.44. The lowest BCUT2D eigenvalue weighted by Crippen LogP contribution is -2.32. The fourth-order valence-electron chi connectivity index (χ4n) is 1.73. The quantitative estimate of drug-likeness (QED) is 0.878. The maximum Gasteiger partial charge on any atom is 0.226 e. The van der Waals surface area contributed by atoms with E-state index in [9.17, 15) is 14.0 Å². The number of hydrogen-bond acceptors (Lipinski definition) is 2. The number of amides is 2. The van der Waals surface area contributed by atoms with E-state index in [1.165, 1.54) is 25.1 Å². The van der Waals surface area contributed by atoms with E-state index in [1.54, 1.807) is 4.90 Å². The minimum atomic E-state index is -0.532. The van der Waals surface area contributed by atoms with Crippen molar-refractivity contribution in [1.82, 2.24) is 4.90 Å². The maximum absolute atomic E-state index is 13.0. The second-order valence-corrected chi connectivity index (χ2v) is 4.84. The van der Waals surface area contributed by atoms with E-state index in [0.717, 1.165) is 6.42 Å². The van der Waals surface area contributed by atoms with E-state index in [0.29, 0.717) is 18.8 Å². The molecule has 0 spiro atoms. The minimum absolute atomic E-state index is 0.0425. The van der Waals surface area contributed by atoms with Gasteiger partial charge >= 0.3 is 0 Å². The zero-order valence-corrected chi connectivity index (χ0v) is 12.3. The Kier molecular flexibility index (Phi) is 6.45. The Morgan fingerprint density at radius 1 is 1.35 bits per heavy atom. The predicted molar refractivity (Wildman–Crippen MR) is 77.2 cm³/mol. The third-order valence-electron chi connectivity index (χ3n) is 2.75. The number of rotatable bonds is 6. The van der Waals surface area contributed by atoms with Crippen LogP contribution in [-0.2, 0) is 9.59 Å². The van der Waals surface area contributed by atoms with Gasteiger partial charge in [0, 0.05) is 32.1 Å². The Balaban J connectivity index is 2.50. The molecular weight excluding hydrogens is 283 g/mol. The van der Waals surface area contributed by atoms with E-state index in [4.69, 9.17) is 11.6 Å². The van der Waals surface area contributed by atoms with Crippen LogP contribution >= 0.6 is 11.6 Å². The van der Waals surface area contributed by atoms with Crippen molar-refractivity contribution >= 4 is 29.1 Å². The molecule has 0 aliphatic carbocycles. The fraction of sp³-hybridized carbons (Fsp3) is 0.429. The zero-order valence-electron chi connectivity index (χ0n) is 11.6. The van der Waals surface area contributed by atoms with Crippen molar-refractivity contribution in [1.29, 1.82) is 0 Å². The lowest BCUT2D eigenvalue weighted by Gasteiger charge is -2.19. The number of benzene rings is 1. The Bertz CT molecular complexity index is 494. The highest BCUT2D eigenvalue weighted by Crippen LogP contribution is 2.19. The van der Waals surface area contributed by atoms with Crippen LogP contribution in [0.2, 0.25) is 5.02 Å². The number of carbonyl (C=O) groups excluding carboxylic acids is 2. The molecule has 6 heteroatoms. The lowest BCUT2D eigenvalue weighted by molar-refractivity contribution is -0.129. The first-order chi connectivity index (χ1) is 9.43. The standard InChI is InChI=1S/C14H18ClFN2O2/c1-3-7-18(10(2)19)8-6-14(20)17-11-4-5-13(16)12(15)9-11/h4-5,9H,3,6-8H2,1-2H3,(H,17,20). The number of nitrogens with one attached hydrogen (secondary N) is 1. The van der Waals surface area contributed by atoms with Crippen molar-refractivity contribution in [3.05, 3.63) is 29.0 Å². The van der Waals surface area contributed by atoms with E-state index >= 15 is 0 Å². The zero-order chi connectivity index (χ0) is 15.1. The van der Waals surface area contributed by atoms with Gasteiger partial charge in [0.15, 0.2) is 0 Å². The molecule has 1 aromatic carbocycles. The van der Waals surface area contributed by atoms with Crippen molar-refractivity contribution < 1.29 is 14.0 Å². The summed E-state index contributed by atoms with van der Waals surface area (Å²) in [5.41, 5.74) is 0.436. The van der Waals surface area contributed by atoms with E-state index in [2.05, 4.69) is 5.32 Å². The molecule has 0 saturated carbocycles. The molecule has 0 unspecified atom stereocenters. The molecule has 0 fully saturated rings.